The third-order valence-corrected chi connectivity index (χ3v) is 14.3. The number of hydrogen-bond donors (Lipinski definition) is 0. The molecule has 0 saturated heterocycles. The predicted molar refractivity (Wildman–Crippen MR) is 155 cm³/mol. The van der Waals surface area contributed by atoms with Crippen molar-refractivity contribution in [3.8, 4) is 0 Å². The van der Waals surface area contributed by atoms with Crippen LogP contribution in [-0.2, 0) is 36.7 Å². The zero-order valence-corrected chi connectivity index (χ0v) is 26.9. The largest absolute Gasteiger partial charge is 0.494 e. The van der Waals surface area contributed by atoms with E-state index in [1.165, 1.54) is 28.4 Å². The van der Waals surface area contributed by atoms with Crippen LogP contribution in [0.5, 0.6) is 0 Å². The molecule has 8 nitrogen and oxygen atoms in total. The summed E-state index contributed by atoms with van der Waals surface area (Å²) < 4.78 is 65.0. The molecule has 1 fully saturated rings. The van der Waals surface area contributed by atoms with Gasteiger partial charge in [0, 0.05) is 33.9 Å². The van der Waals surface area contributed by atoms with Crippen LogP contribution in [0.1, 0.15) is 66.7 Å². The van der Waals surface area contributed by atoms with Crippen molar-refractivity contribution < 1.29 is 36.7 Å². The maximum absolute atomic E-state index is 15.0. The number of hydrogen-bond acceptors (Lipinski definition) is 8. The van der Waals surface area contributed by atoms with Crippen LogP contribution in [0.3, 0.4) is 0 Å². The summed E-state index contributed by atoms with van der Waals surface area (Å²) in [4.78, 5) is 0. The highest BCUT2D eigenvalue weighted by molar-refractivity contribution is 7.57. The van der Waals surface area contributed by atoms with E-state index < -0.39 is 30.9 Å². The molecule has 3 unspecified atom stereocenters. The highest BCUT2D eigenvalue weighted by Gasteiger charge is 2.75. The van der Waals surface area contributed by atoms with Crippen LogP contribution < -0.4 is 0 Å². The molecule has 3 atom stereocenters. The molecule has 0 aromatic heterocycles. The van der Waals surface area contributed by atoms with E-state index in [4.69, 9.17) is 27.6 Å². The van der Waals surface area contributed by atoms with Crippen LogP contribution in [-0.4, -0.2) is 52.0 Å². The van der Waals surface area contributed by atoms with Crippen molar-refractivity contribution in [1.29, 1.82) is 0 Å². The van der Waals surface area contributed by atoms with Crippen molar-refractivity contribution in [2.75, 3.05) is 41.7 Å². The molecule has 0 radical (unpaired) electrons. The molecule has 0 aromatic rings. The van der Waals surface area contributed by atoms with Crippen LogP contribution >= 0.6 is 15.2 Å². The van der Waals surface area contributed by atoms with Gasteiger partial charge in [0.1, 0.15) is 21.8 Å². The van der Waals surface area contributed by atoms with Crippen molar-refractivity contribution >= 4 is 15.2 Å². The van der Waals surface area contributed by atoms with Gasteiger partial charge in [-0.1, -0.05) is 32.9 Å². The fraction of sp³-hybridized carbons (Fsp3) is 0.724. The molecule has 222 valence electrons. The maximum Gasteiger partial charge on any atom is 0.340 e. The summed E-state index contributed by atoms with van der Waals surface area (Å²) in [7, 11) is -2.06. The van der Waals surface area contributed by atoms with Crippen LogP contribution in [0.15, 0.2) is 48.0 Å². The van der Waals surface area contributed by atoms with Gasteiger partial charge in [-0.2, -0.15) is 0 Å². The van der Waals surface area contributed by atoms with E-state index in [0.717, 1.165) is 6.42 Å². The first-order valence-corrected chi connectivity index (χ1v) is 16.9. The molecule has 0 N–H and O–H groups in total. The average Bonchev–Trinajstić information content (AvgIpc) is 2.92. The van der Waals surface area contributed by atoms with Gasteiger partial charge in [0.05, 0.1) is 13.2 Å². The van der Waals surface area contributed by atoms with E-state index in [9.17, 15) is 9.13 Å². The van der Waals surface area contributed by atoms with Crippen molar-refractivity contribution in [2.24, 2.45) is 16.7 Å². The Morgan fingerprint density at radius 1 is 0.769 bits per heavy atom. The fourth-order valence-corrected chi connectivity index (χ4v) is 12.4. The van der Waals surface area contributed by atoms with Gasteiger partial charge in [-0.3, -0.25) is 9.13 Å². The minimum absolute atomic E-state index is 0.189. The standard InChI is InChI=1S/C29H48O8P2/c1-10-36-24-12-16-28(17-13-24,38(30,32-6)33-7)27(21-23(3)20-26(4,5)22-27)29(39(31,34-8)35-9)18-14-25(15-19-29)37-11-2/h12-16,18,23H,10-11,17,19-22H2,1-9H3. The minimum Gasteiger partial charge on any atom is -0.494 e. The van der Waals surface area contributed by atoms with Gasteiger partial charge in [0.15, 0.2) is 0 Å². The first-order chi connectivity index (χ1) is 18.3. The smallest absolute Gasteiger partial charge is 0.340 e. The molecule has 0 aliphatic heterocycles. The van der Waals surface area contributed by atoms with Gasteiger partial charge in [0.25, 0.3) is 0 Å². The predicted octanol–water partition coefficient (Wildman–Crippen LogP) is 8.03. The van der Waals surface area contributed by atoms with E-state index in [0.29, 0.717) is 50.4 Å². The molecule has 0 bridgehead atoms. The highest BCUT2D eigenvalue weighted by atomic mass is 31.2. The Labute approximate surface area is 235 Å². The Morgan fingerprint density at radius 3 is 1.46 bits per heavy atom. The van der Waals surface area contributed by atoms with Crippen molar-refractivity contribution in [1.82, 2.24) is 0 Å². The first kappa shape index (κ1) is 32.4. The van der Waals surface area contributed by atoms with Gasteiger partial charge in [-0.25, -0.2) is 0 Å². The van der Waals surface area contributed by atoms with Gasteiger partial charge in [0.2, 0.25) is 0 Å². The molecule has 39 heavy (non-hydrogen) atoms. The lowest BCUT2D eigenvalue weighted by Crippen LogP contribution is -2.64. The molecule has 0 spiro atoms. The number of ether oxygens (including phenoxy) is 2. The van der Waals surface area contributed by atoms with Gasteiger partial charge >= 0.3 is 15.2 Å². The van der Waals surface area contributed by atoms with E-state index in [2.05, 4.69) is 20.8 Å². The molecular weight excluding hydrogens is 538 g/mol. The molecule has 0 aromatic carbocycles. The molecule has 1 saturated carbocycles. The Kier molecular flexibility index (Phi) is 9.96. The number of rotatable bonds is 12. The van der Waals surface area contributed by atoms with Crippen molar-refractivity contribution in [2.45, 2.75) is 77.0 Å². The van der Waals surface area contributed by atoms with Crippen LogP contribution in [0.4, 0.5) is 0 Å². The van der Waals surface area contributed by atoms with Crippen LogP contribution in [0.2, 0.25) is 0 Å². The monoisotopic (exact) mass is 586 g/mol. The minimum atomic E-state index is -3.88. The fourth-order valence-electron chi connectivity index (χ4n) is 7.82. The summed E-state index contributed by atoms with van der Waals surface area (Å²) in [5.74, 6) is 1.60. The van der Waals surface area contributed by atoms with Crippen molar-refractivity contribution in [3.63, 3.8) is 0 Å². The summed E-state index contributed by atoms with van der Waals surface area (Å²) in [6.07, 6.45) is 14.3. The van der Waals surface area contributed by atoms with Crippen molar-refractivity contribution in [3.05, 3.63) is 48.0 Å². The zero-order valence-electron chi connectivity index (χ0n) is 25.2. The summed E-state index contributed by atoms with van der Waals surface area (Å²) in [6, 6.07) is 0. The zero-order chi connectivity index (χ0) is 29.2. The normalized spacial score (nSPS) is 32.9. The molecule has 0 heterocycles. The molecule has 0 amide bonds. The quantitative estimate of drug-likeness (QED) is 0.212. The van der Waals surface area contributed by atoms with E-state index in [1.54, 1.807) is 0 Å². The topological polar surface area (TPSA) is 89.5 Å². The van der Waals surface area contributed by atoms with Gasteiger partial charge < -0.3 is 27.6 Å². The molecule has 10 heteroatoms. The molecular formula is C29H48O8P2. The summed E-state index contributed by atoms with van der Waals surface area (Å²) in [5, 5.41) is -2.41. The Bertz CT molecular complexity index is 1020. The molecule has 3 aliphatic carbocycles. The second-order valence-corrected chi connectivity index (χ2v) is 16.7. The first-order valence-electron chi connectivity index (χ1n) is 13.8. The second kappa shape index (κ2) is 12.0. The Balaban J connectivity index is 2.48. The number of allylic oxidation sites excluding steroid dienone is 6. The highest BCUT2D eigenvalue weighted by Crippen LogP contribution is 2.82. The van der Waals surface area contributed by atoms with E-state index in [1.807, 2.05) is 50.3 Å². The lowest BCUT2D eigenvalue weighted by atomic mass is 9.49. The summed E-state index contributed by atoms with van der Waals surface area (Å²) in [6.45, 7) is 11.5. The SMILES string of the molecule is CCOC1=CCC(C2(C3(P(=O)(OC)OC)C=CC(OCC)=CC3)CC(C)CC(C)(C)C2)(P(=O)(OC)OC)C=C1. The van der Waals surface area contributed by atoms with Crippen LogP contribution in [0.25, 0.3) is 0 Å². The lowest BCUT2D eigenvalue weighted by Gasteiger charge is -2.65. The second-order valence-electron chi connectivity index (χ2n) is 11.7. The van der Waals surface area contributed by atoms with Gasteiger partial charge in [-0.05, 0) is 81.6 Å². The maximum atomic E-state index is 15.0. The Morgan fingerprint density at radius 2 is 1.18 bits per heavy atom. The third kappa shape index (κ3) is 5.19. The van der Waals surface area contributed by atoms with E-state index >= 15 is 0 Å². The summed E-state index contributed by atoms with van der Waals surface area (Å²) in [5.41, 5.74) is -1.13. The lowest BCUT2D eigenvalue weighted by molar-refractivity contribution is -0.0170. The van der Waals surface area contributed by atoms with Gasteiger partial charge in [-0.15, -0.1) is 0 Å². The molecule has 3 rings (SSSR count). The molecule has 3 aliphatic rings. The summed E-state index contributed by atoms with van der Waals surface area (Å²) >= 11 is 0. The van der Waals surface area contributed by atoms with E-state index in [-0.39, 0.29) is 11.3 Å². The Hall–Kier alpha value is -1.14. The average molecular weight is 587 g/mol. The third-order valence-electron chi connectivity index (χ3n) is 8.87. The van der Waals surface area contributed by atoms with Crippen LogP contribution in [0, 0.1) is 16.7 Å².